The summed E-state index contributed by atoms with van der Waals surface area (Å²) in [5, 5.41) is 10.7. The van der Waals surface area contributed by atoms with Gasteiger partial charge in [-0.3, -0.25) is 0 Å². The Hall–Kier alpha value is -0.610. The van der Waals surface area contributed by atoms with E-state index in [4.69, 9.17) is 16.3 Å². The quantitative estimate of drug-likeness (QED) is 0.828. The second-order valence-corrected chi connectivity index (χ2v) is 5.10. The summed E-state index contributed by atoms with van der Waals surface area (Å²) >= 11 is 5.81. The van der Waals surface area contributed by atoms with Crippen LogP contribution in [0.1, 0.15) is 25.0 Å². The van der Waals surface area contributed by atoms with Crippen molar-refractivity contribution in [3.8, 4) is 0 Å². The van der Waals surface area contributed by atoms with Crippen LogP contribution in [0, 0.1) is 0 Å². The lowest BCUT2D eigenvalue weighted by atomic mass is 10.1. The molecule has 1 N–H and O–H groups in total. The molecule has 4 heteroatoms. The Labute approximate surface area is 114 Å². The molecule has 2 atom stereocenters. The molecule has 0 radical (unpaired) electrons. The summed E-state index contributed by atoms with van der Waals surface area (Å²) in [6.45, 7) is 3.73. The van der Waals surface area contributed by atoms with Crippen molar-refractivity contribution in [3.05, 3.63) is 34.9 Å². The Bertz CT molecular complexity index is 342. The highest BCUT2D eigenvalue weighted by Crippen LogP contribution is 2.19. The van der Waals surface area contributed by atoms with Gasteiger partial charge < -0.3 is 14.7 Å². The third-order valence-corrected chi connectivity index (χ3v) is 3.26. The number of methoxy groups -OCH3 is 1. The van der Waals surface area contributed by atoms with Crippen LogP contribution in [0.15, 0.2) is 24.3 Å². The van der Waals surface area contributed by atoms with E-state index < -0.39 is 6.10 Å². The second kappa shape index (κ2) is 7.74. The molecule has 102 valence electrons. The molecule has 0 fully saturated rings. The number of aliphatic hydroxyl groups excluding tert-OH is 1. The van der Waals surface area contributed by atoms with Gasteiger partial charge in [0.25, 0.3) is 0 Å². The number of nitrogens with zero attached hydrogens (tertiary/aromatic N) is 1. The van der Waals surface area contributed by atoms with Crippen molar-refractivity contribution in [1.82, 2.24) is 4.90 Å². The molecule has 0 aliphatic carbocycles. The molecule has 0 amide bonds. The maximum atomic E-state index is 10.1. The van der Waals surface area contributed by atoms with E-state index in [-0.39, 0.29) is 6.10 Å². The van der Waals surface area contributed by atoms with E-state index in [1.807, 2.05) is 26.1 Å². The van der Waals surface area contributed by atoms with Crippen LogP contribution in [0.2, 0.25) is 5.02 Å². The molecule has 0 bridgehead atoms. The van der Waals surface area contributed by atoms with Gasteiger partial charge in [0, 0.05) is 25.2 Å². The molecule has 0 heterocycles. The van der Waals surface area contributed by atoms with Crippen molar-refractivity contribution < 1.29 is 9.84 Å². The van der Waals surface area contributed by atoms with Gasteiger partial charge in [0.05, 0.1) is 12.2 Å². The predicted octanol–water partition coefficient (Wildman–Crippen LogP) is 2.73. The van der Waals surface area contributed by atoms with Crippen LogP contribution < -0.4 is 0 Å². The highest BCUT2D eigenvalue weighted by Gasteiger charge is 2.10. The summed E-state index contributed by atoms with van der Waals surface area (Å²) < 4.78 is 5.21. The Balaban J connectivity index is 2.36. The first-order valence-electron chi connectivity index (χ1n) is 6.17. The van der Waals surface area contributed by atoms with Gasteiger partial charge in [-0.25, -0.2) is 0 Å². The number of benzene rings is 1. The van der Waals surface area contributed by atoms with E-state index in [0.717, 1.165) is 18.7 Å². The van der Waals surface area contributed by atoms with Gasteiger partial charge in [-0.1, -0.05) is 23.7 Å². The number of aliphatic hydroxyl groups is 1. The Morgan fingerprint density at radius 2 is 1.94 bits per heavy atom. The standard InChI is InChI=1S/C14H22ClNO2/c1-11(18-3)10-16(2)9-8-14(17)12-4-6-13(15)7-5-12/h4-7,11,14,17H,8-10H2,1-3H3. The van der Waals surface area contributed by atoms with E-state index in [9.17, 15) is 5.11 Å². The van der Waals surface area contributed by atoms with Crippen molar-refractivity contribution in [2.75, 3.05) is 27.2 Å². The van der Waals surface area contributed by atoms with Gasteiger partial charge in [0.1, 0.15) is 0 Å². The fourth-order valence-corrected chi connectivity index (χ4v) is 1.92. The fraction of sp³-hybridized carbons (Fsp3) is 0.571. The minimum absolute atomic E-state index is 0.211. The highest BCUT2D eigenvalue weighted by molar-refractivity contribution is 6.30. The zero-order valence-corrected chi connectivity index (χ0v) is 12.0. The molecule has 1 aromatic carbocycles. The second-order valence-electron chi connectivity index (χ2n) is 4.66. The molecule has 0 spiro atoms. The molecule has 0 aliphatic rings. The zero-order valence-electron chi connectivity index (χ0n) is 11.3. The maximum Gasteiger partial charge on any atom is 0.0802 e. The average molecular weight is 272 g/mol. The van der Waals surface area contributed by atoms with Gasteiger partial charge in [-0.15, -0.1) is 0 Å². The summed E-state index contributed by atoms with van der Waals surface area (Å²) in [4.78, 5) is 2.16. The molecular weight excluding hydrogens is 250 g/mol. The van der Waals surface area contributed by atoms with Crippen molar-refractivity contribution in [2.24, 2.45) is 0 Å². The normalized spacial score (nSPS) is 14.8. The van der Waals surface area contributed by atoms with Gasteiger partial charge in [0.2, 0.25) is 0 Å². The monoisotopic (exact) mass is 271 g/mol. The third-order valence-electron chi connectivity index (χ3n) is 3.01. The number of ether oxygens (including phenoxy) is 1. The Morgan fingerprint density at radius 1 is 1.33 bits per heavy atom. The number of hydrogen-bond donors (Lipinski definition) is 1. The van der Waals surface area contributed by atoms with Crippen molar-refractivity contribution in [2.45, 2.75) is 25.6 Å². The van der Waals surface area contributed by atoms with Crippen LogP contribution in [0.5, 0.6) is 0 Å². The summed E-state index contributed by atoms with van der Waals surface area (Å²) in [7, 11) is 3.74. The zero-order chi connectivity index (χ0) is 13.5. The molecule has 0 aromatic heterocycles. The van der Waals surface area contributed by atoms with Crippen molar-refractivity contribution in [1.29, 1.82) is 0 Å². The first-order chi connectivity index (χ1) is 8.52. The van der Waals surface area contributed by atoms with E-state index in [1.54, 1.807) is 19.2 Å². The van der Waals surface area contributed by atoms with E-state index in [1.165, 1.54) is 0 Å². The third kappa shape index (κ3) is 5.36. The molecule has 0 saturated carbocycles. The van der Waals surface area contributed by atoms with Gasteiger partial charge in [-0.2, -0.15) is 0 Å². The summed E-state index contributed by atoms with van der Waals surface area (Å²) in [5.41, 5.74) is 0.910. The maximum absolute atomic E-state index is 10.1. The first kappa shape index (κ1) is 15.4. The van der Waals surface area contributed by atoms with Crippen LogP contribution >= 0.6 is 11.6 Å². The van der Waals surface area contributed by atoms with E-state index in [0.29, 0.717) is 11.4 Å². The lowest BCUT2D eigenvalue weighted by Crippen LogP contribution is -2.30. The lowest BCUT2D eigenvalue weighted by molar-refractivity contribution is 0.0776. The van der Waals surface area contributed by atoms with E-state index >= 15 is 0 Å². The van der Waals surface area contributed by atoms with Crippen LogP contribution in [0.25, 0.3) is 0 Å². The van der Waals surface area contributed by atoms with Gasteiger partial charge >= 0.3 is 0 Å². The SMILES string of the molecule is COC(C)CN(C)CCC(O)c1ccc(Cl)cc1. The Morgan fingerprint density at radius 3 is 2.50 bits per heavy atom. The van der Waals surface area contributed by atoms with E-state index in [2.05, 4.69) is 4.90 Å². The minimum atomic E-state index is -0.442. The summed E-state index contributed by atoms with van der Waals surface area (Å²) in [5.74, 6) is 0. The molecule has 1 aromatic rings. The summed E-state index contributed by atoms with van der Waals surface area (Å²) in [6, 6.07) is 7.34. The van der Waals surface area contributed by atoms with Crippen LogP contribution in [-0.2, 0) is 4.74 Å². The minimum Gasteiger partial charge on any atom is -0.388 e. The van der Waals surface area contributed by atoms with Crippen molar-refractivity contribution in [3.63, 3.8) is 0 Å². The summed E-state index contributed by atoms with van der Waals surface area (Å²) in [6.07, 6.45) is 0.472. The first-order valence-corrected chi connectivity index (χ1v) is 6.55. The van der Waals surface area contributed by atoms with Gasteiger partial charge in [-0.05, 0) is 38.1 Å². The fourth-order valence-electron chi connectivity index (χ4n) is 1.80. The van der Waals surface area contributed by atoms with Gasteiger partial charge in [0.15, 0.2) is 0 Å². The lowest BCUT2D eigenvalue weighted by Gasteiger charge is -2.21. The average Bonchev–Trinajstić information content (AvgIpc) is 2.36. The number of rotatable bonds is 7. The van der Waals surface area contributed by atoms with Crippen LogP contribution in [0.4, 0.5) is 0 Å². The van der Waals surface area contributed by atoms with Crippen LogP contribution in [0.3, 0.4) is 0 Å². The molecule has 2 unspecified atom stereocenters. The topological polar surface area (TPSA) is 32.7 Å². The molecule has 1 rings (SSSR count). The molecule has 0 saturated heterocycles. The molecule has 18 heavy (non-hydrogen) atoms. The number of likely N-dealkylation sites (N-methyl/N-ethyl adjacent to an activating group) is 1. The number of hydrogen-bond acceptors (Lipinski definition) is 3. The Kier molecular flexibility index (Phi) is 6.65. The number of halogens is 1. The van der Waals surface area contributed by atoms with Crippen LogP contribution in [-0.4, -0.2) is 43.4 Å². The molecule has 3 nitrogen and oxygen atoms in total. The molecular formula is C14H22ClNO2. The predicted molar refractivity (Wildman–Crippen MR) is 75.0 cm³/mol. The molecule has 0 aliphatic heterocycles. The highest BCUT2D eigenvalue weighted by atomic mass is 35.5. The van der Waals surface area contributed by atoms with Crippen molar-refractivity contribution >= 4 is 11.6 Å². The largest absolute Gasteiger partial charge is 0.388 e. The smallest absolute Gasteiger partial charge is 0.0802 e.